The average Bonchev–Trinajstić information content (AvgIpc) is 2.78. The van der Waals surface area contributed by atoms with Crippen LogP contribution in [0.15, 0.2) is 18.2 Å². The molecule has 0 N–H and O–H groups in total. The summed E-state index contributed by atoms with van der Waals surface area (Å²) in [5.41, 5.74) is 0.995. The molecule has 0 radical (unpaired) electrons. The van der Waals surface area contributed by atoms with Gasteiger partial charge in [-0.1, -0.05) is 6.92 Å². The smallest absolute Gasteiger partial charge is 0.237 e. The Balaban J connectivity index is 2.09. The molecule has 0 aromatic heterocycles. The minimum atomic E-state index is -0.0207. The standard InChI is InChI=1S/C20H32N2O4/c1-6-7-21-11-19(12-22(15(2)3)20(23)13-21)26-14-16-8-17(24-4)10-18(9-16)25-5/h8-10,15,19H,6-7,11-14H2,1-5H3. The summed E-state index contributed by atoms with van der Waals surface area (Å²) in [5.74, 6) is 1.67. The molecule has 1 aromatic carbocycles. The molecule has 0 saturated carbocycles. The van der Waals surface area contributed by atoms with Crippen LogP contribution in [-0.4, -0.2) is 68.3 Å². The van der Waals surface area contributed by atoms with Gasteiger partial charge in [-0.2, -0.15) is 0 Å². The van der Waals surface area contributed by atoms with Crippen molar-refractivity contribution >= 4 is 5.91 Å². The zero-order chi connectivity index (χ0) is 19.1. The molecule has 6 nitrogen and oxygen atoms in total. The van der Waals surface area contributed by atoms with Gasteiger partial charge in [0, 0.05) is 25.2 Å². The maximum atomic E-state index is 12.5. The molecule has 1 fully saturated rings. The third-order valence-corrected chi connectivity index (χ3v) is 4.60. The largest absolute Gasteiger partial charge is 0.497 e. The van der Waals surface area contributed by atoms with E-state index >= 15 is 0 Å². The van der Waals surface area contributed by atoms with Crippen LogP contribution in [0.1, 0.15) is 32.8 Å². The Bertz CT molecular complexity index is 569. The summed E-state index contributed by atoms with van der Waals surface area (Å²) in [7, 11) is 3.28. The summed E-state index contributed by atoms with van der Waals surface area (Å²) < 4.78 is 16.9. The first-order valence-corrected chi connectivity index (χ1v) is 9.32. The van der Waals surface area contributed by atoms with Gasteiger partial charge in [-0.25, -0.2) is 0 Å². The second-order valence-corrected chi connectivity index (χ2v) is 7.03. The van der Waals surface area contributed by atoms with E-state index in [1.54, 1.807) is 14.2 Å². The summed E-state index contributed by atoms with van der Waals surface area (Å²) in [5, 5.41) is 0. The van der Waals surface area contributed by atoms with E-state index in [-0.39, 0.29) is 18.1 Å². The van der Waals surface area contributed by atoms with Gasteiger partial charge in [0.15, 0.2) is 0 Å². The summed E-state index contributed by atoms with van der Waals surface area (Å²) in [6, 6.07) is 5.92. The lowest BCUT2D eigenvalue weighted by Gasteiger charge is -2.28. The minimum absolute atomic E-state index is 0.0207. The topological polar surface area (TPSA) is 51.2 Å². The molecule has 1 heterocycles. The number of carbonyl (C=O) groups excluding carboxylic acids is 1. The first kappa shape index (κ1) is 20.5. The van der Waals surface area contributed by atoms with Crippen LogP contribution >= 0.6 is 0 Å². The lowest BCUT2D eigenvalue weighted by atomic mass is 10.2. The molecule has 2 rings (SSSR count). The van der Waals surface area contributed by atoms with Crippen molar-refractivity contribution in [1.29, 1.82) is 0 Å². The molecule has 1 saturated heterocycles. The summed E-state index contributed by atoms with van der Waals surface area (Å²) in [4.78, 5) is 16.6. The lowest BCUT2D eigenvalue weighted by molar-refractivity contribution is -0.133. The van der Waals surface area contributed by atoms with E-state index in [0.29, 0.717) is 19.7 Å². The fourth-order valence-electron chi connectivity index (χ4n) is 3.27. The zero-order valence-electron chi connectivity index (χ0n) is 16.7. The summed E-state index contributed by atoms with van der Waals surface area (Å²) in [6.07, 6.45) is 1.00. The van der Waals surface area contributed by atoms with E-state index < -0.39 is 0 Å². The van der Waals surface area contributed by atoms with Crippen molar-refractivity contribution in [2.75, 3.05) is 40.4 Å². The second-order valence-electron chi connectivity index (χ2n) is 7.03. The summed E-state index contributed by atoms with van der Waals surface area (Å²) in [6.45, 7) is 9.46. The number of benzene rings is 1. The number of rotatable bonds is 8. The van der Waals surface area contributed by atoms with E-state index in [1.807, 2.05) is 23.1 Å². The van der Waals surface area contributed by atoms with Crippen molar-refractivity contribution in [3.05, 3.63) is 23.8 Å². The van der Waals surface area contributed by atoms with Gasteiger partial charge in [0.05, 0.1) is 33.5 Å². The Hall–Kier alpha value is -1.79. The highest BCUT2D eigenvalue weighted by Gasteiger charge is 2.29. The molecule has 1 aliphatic heterocycles. The first-order chi connectivity index (χ1) is 12.5. The van der Waals surface area contributed by atoms with Crippen molar-refractivity contribution in [1.82, 2.24) is 9.80 Å². The van der Waals surface area contributed by atoms with Crippen LogP contribution in [0.2, 0.25) is 0 Å². The van der Waals surface area contributed by atoms with Gasteiger partial charge in [-0.15, -0.1) is 0 Å². The fraction of sp³-hybridized carbons (Fsp3) is 0.650. The number of nitrogens with zero attached hydrogens (tertiary/aromatic N) is 2. The molecule has 0 aliphatic carbocycles. The van der Waals surface area contributed by atoms with Crippen LogP contribution in [0.4, 0.5) is 0 Å². The van der Waals surface area contributed by atoms with Crippen LogP contribution in [0.25, 0.3) is 0 Å². The predicted molar refractivity (Wildman–Crippen MR) is 102 cm³/mol. The van der Waals surface area contributed by atoms with Gasteiger partial charge >= 0.3 is 0 Å². The Morgan fingerprint density at radius 3 is 2.31 bits per heavy atom. The van der Waals surface area contributed by atoms with Crippen LogP contribution in [0, 0.1) is 0 Å². The molecule has 146 valence electrons. The van der Waals surface area contributed by atoms with Gasteiger partial charge in [0.25, 0.3) is 0 Å². The van der Waals surface area contributed by atoms with Gasteiger partial charge in [0.1, 0.15) is 11.5 Å². The highest BCUT2D eigenvalue weighted by molar-refractivity contribution is 5.78. The highest BCUT2D eigenvalue weighted by atomic mass is 16.5. The van der Waals surface area contributed by atoms with Crippen LogP contribution in [0.3, 0.4) is 0 Å². The quantitative estimate of drug-likeness (QED) is 0.710. The summed E-state index contributed by atoms with van der Waals surface area (Å²) >= 11 is 0. The van der Waals surface area contributed by atoms with Crippen molar-refractivity contribution < 1.29 is 19.0 Å². The van der Waals surface area contributed by atoms with Crippen molar-refractivity contribution in [2.45, 2.75) is 45.9 Å². The Kier molecular flexibility index (Phi) is 7.72. The maximum absolute atomic E-state index is 12.5. The van der Waals surface area contributed by atoms with Crippen molar-refractivity contribution in [3.63, 3.8) is 0 Å². The molecule has 0 bridgehead atoms. The van der Waals surface area contributed by atoms with Crippen molar-refractivity contribution in [3.8, 4) is 11.5 Å². The number of amides is 1. The molecular weight excluding hydrogens is 332 g/mol. The van der Waals surface area contributed by atoms with Gasteiger partial charge < -0.3 is 19.1 Å². The van der Waals surface area contributed by atoms with E-state index in [4.69, 9.17) is 14.2 Å². The Morgan fingerprint density at radius 1 is 1.12 bits per heavy atom. The molecule has 1 aromatic rings. The van der Waals surface area contributed by atoms with Gasteiger partial charge in [-0.05, 0) is 44.5 Å². The van der Waals surface area contributed by atoms with Crippen LogP contribution in [-0.2, 0) is 16.1 Å². The van der Waals surface area contributed by atoms with E-state index in [2.05, 4.69) is 25.7 Å². The molecule has 26 heavy (non-hydrogen) atoms. The predicted octanol–water partition coefficient (Wildman–Crippen LogP) is 2.55. The Labute approximate surface area is 157 Å². The van der Waals surface area contributed by atoms with E-state index in [0.717, 1.165) is 36.6 Å². The maximum Gasteiger partial charge on any atom is 0.237 e. The van der Waals surface area contributed by atoms with Gasteiger partial charge in [-0.3, -0.25) is 9.69 Å². The minimum Gasteiger partial charge on any atom is -0.497 e. The highest BCUT2D eigenvalue weighted by Crippen LogP contribution is 2.23. The molecule has 1 aliphatic rings. The lowest BCUT2D eigenvalue weighted by Crippen LogP contribution is -2.42. The Morgan fingerprint density at radius 2 is 1.77 bits per heavy atom. The second kappa shape index (κ2) is 9.78. The first-order valence-electron chi connectivity index (χ1n) is 9.32. The van der Waals surface area contributed by atoms with Crippen molar-refractivity contribution in [2.24, 2.45) is 0 Å². The molecule has 6 heteroatoms. The molecular formula is C20H32N2O4. The fourth-order valence-corrected chi connectivity index (χ4v) is 3.27. The van der Waals surface area contributed by atoms with Gasteiger partial charge in [0.2, 0.25) is 5.91 Å². The number of hydrogen-bond donors (Lipinski definition) is 0. The monoisotopic (exact) mass is 364 g/mol. The number of ether oxygens (including phenoxy) is 3. The third-order valence-electron chi connectivity index (χ3n) is 4.60. The zero-order valence-corrected chi connectivity index (χ0v) is 16.7. The molecule has 1 atom stereocenters. The van der Waals surface area contributed by atoms with E-state index in [1.165, 1.54) is 0 Å². The number of methoxy groups -OCH3 is 2. The molecule has 1 amide bonds. The SMILES string of the molecule is CCCN1CC(=O)N(C(C)C)CC(OCc2cc(OC)cc(OC)c2)C1. The average molecular weight is 364 g/mol. The normalized spacial score (nSPS) is 18.9. The van der Waals surface area contributed by atoms with Crippen LogP contribution < -0.4 is 9.47 Å². The molecule has 0 spiro atoms. The number of carbonyl (C=O) groups is 1. The van der Waals surface area contributed by atoms with Crippen LogP contribution in [0.5, 0.6) is 11.5 Å². The van der Waals surface area contributed by atoms with E-state index in [9.17, 15) is 4.79 Å². The third kappa shape index (κ3) is 5.61. The number of hydrogen-bond acceptors (Lipinski definition) is 5. The molecule has 1 unspecified atom stereocenters.